The fourth-order valence-electron chi connectivity index (χ4n) is 2.14. The summed E-state index contributed by atoms with van der Waals surface area (Å²) in [5, 5.41) is 8.69. The van der Waals surface area contributed by atoms with Crippen LogP contribution in [-0.2, 0) is 9.59 Å². The molecular weight excluding hydrogens is 280 g/mol. The molecule has 3 N–H and O–H groups in total. The zero-order chi connectivity index (χ0) is 15.9. The second kappa shape index (κ2) is 7.26. The summed E-state index contributed by atoms with van der Waals surface area (Å²) < 4.78 is 0. The molecule has 0 unspecified atom stereocenters. The maximum absolute atomic E-state index is 12.5. The highest BCUT2D eigenvalue weighted by molar-refractivity contribution is 6.00. The van der Waals surface area contributed by atoms with Gasteiger partial charge in [-0.2, -0.15) is 0 Å². The Morgan fingerprint density at radius 2 is 1.50 bits per heavy atom. The molecule has 114 valence electrons. The molecule has 0 fully saturated rings. The summed E-state index contributed by atoms with van der Waals surface area (Å²) in [6, 6.07) is 16.3. The number of nitrogen functional groups attached to an aromatic ring is 1. The van der Waals surface area contributed by atoms with Crippen molar-refractivity contribution >= 4 is 28.9 Å². The van der Waals surface area contributed by atoms with E-state index in [9.17, 15) is 9.59 Å². The van der Waals surface area contributed by atoms with Gasteiger partial charge in [0, 0.05) is 29.9 Å². The van der Waals surface area contributed by atoms with Gasteiger partial charge in [0.15, 0.2) is 0 Å². The molecule has 0 bridgehead atoms. The van der Waals surface area contributed by atoms with Gasteiger partial charge >= 0.3 is 5.97 Å². The molecule has 0 atom stereocenters. The van der Waals surface area contributed by atoms with Crippen molar-refractivity contribution in [2.45, 2.75) is 19.3 Å². The predicted molar refractivity (Wildman–Crippen MR) is 85.9 cm³/mol. The molecule has 0 heterocycles. The first-order valence-electron chi connectivity index (χ1n) is 7.03. The quantitative estimate of drug-likeness (QED) is 0.802. The van der Waals surface area contributed by atoms with Crippen molar-refractivity contribution in [3.8, 4) is 0 Å². The molecule has 0 aliphatic rings. The second-order valence-corrected chi connectivity index (χ2v) is 4.90. The number of aliphatic carboxylic acids is 1. The number of nitrogens with zero attached hydrogens (tertiary/aromatic N) is 1. The zero-order valence-corrected chi connectivity index (χ0v) is 12.1. The molecule has 2 aromatic rings. The minimum absolute atomic E-state index is 0.0178. The van der Waals surface area contributed by atoms with Gasteiger partial charge in [-0.05, 0) is 42.8 Å². The summed E-state index contributed by atoms with van der Waals surface area (Å²) >= 11 is 0. The van der Waals surface area contributed by atoms with Crippen molar-refractivity contribution in [3.63, 3.8) is 0 Å². The molecule has 0 saturated carbocycles. The molecule has 0 spiro atoms. The van der Waals surface area contributed by atoms with Crippen LogP contribution in [0.5, 0.6) is 0 Å². The fraction of sp³-hybridized carbons (Fsp3) is 0.176. The second-order valence-electron chi connectivity index (χ2n) is 4.90. The van der Waals surface area contributed by atoms with Crippen molar-refractivity contribution in [2.24, 2.45) is 0 Å². The molecule has 0 aliphatic carbocycles. The molecule has 5 nitrogen and oxygen atoms in total. The van der Waals surface area contributed by atoms with Gasteiger partial charge in [0.25, 0.3) is 0 Å². The van der Waals surface area contributed by atoms with Crippen LogP contribution in [0.25, 0.3) is 0 Å². The molecule has 0 saturated heterocycles. The normalized spacial score (nSPS) is 10.2. The predicted octanol–water partition coefficient (Wildman–Crippen LogP) is 3.19. The Kier molecular flexibility index (Phi) is 5.14. The van der Waals surface area contributed by atoms with Crippen LogP contribution in [0.3, 0.4) is 0 Å². The van der Waals surface area contributed by atoms with E-state index in [0.29, 0.717) is 17.8 Å². The largest absolute Gasteiger partial charge is 0.481 e. The third kappa shape index (κ3) is 4.09. The lowest BCUT2D eigenvalue weighted by Crippen LogP contribution is -2.25. The maximum atomic E-state index is 12.5. The number of carboxylic acids is 1. The van der Waals surface area contributed by atoms with E-state index in [1.54, 1.807) is 29.2 Å². The topological polar surface area (TPSA) is 83.6 Å². The van der Waals surface area contributed by atoms with E-state index in [0.717, 1.165) is 5.69 Å². The Hall–Kier alpha value is -2.82. The van der Waals surface area contributed by atoms with E-state index in [4.69, 9.17) is 10.8 Å². The van der Waals surface area contributed by atoms with Crippen LogP contribution in [0.15, 0.2) is 54.6 Å². The Labute approximate surface area is 129 Å². The lowest BCUT2D eigenvalue weighted by atomic mass is 10.1. The van der Waals surface area contributed by atoms with Crippen LogP contribution < -0.4 is 10.6 Å². The third-order valence-corrected chi connectivity index (χ3v) is 3.20. The van der Waals surface area contributed by atoms with Crippen LogP contribution in [0.2, 0.25) is 0 Å². The van der Waals surface area contributed by atoms with Gasteiger partial charge in [-0.1, -0.05) is 18.2 Å². The third-order valence-electron chi connectivity index (χ3n) is 3.20. The minimum atomic E-state index is -0.897. The van der Waals surface area contributed by atoms with Gasteiger partial charge in [0.1, 0.15) is 0 Å². The van der Waals surface area contributed by atoms with Crippen LogP contribution >= 0.6 is 0 Å². The van der Waals surface area contributed by atoms with E-state index >= 15 is 0 Å². The van der Waals surface area contributed by atoms with Crippen LogP contribution in [0, 0.1) is 0 Å². The van der Waals surface area contributed by atoms with E-state index in [1.807, 2.05) is 30.3 Å². The number of hydrogen-bond acceptors (Lipinski definition) is 3. The molecule has 2 aromatic carbocycles. The van der Waals surface area contributed by atoms with Gasteiger partial charge in [-0.3, -0.25) is 14.5 Å². The van der Waals surface area contributed by atoms with Crippen molar-refractivity contribution < 1.29 is 14.7 Å². The molecule has 2 rings (SSSR count). The van der Waals surface area contributed by atoms with Crippen molar-refractivity contribution in [1.82, 2.24) is 0 Å². The van der Waals surface area contributed by atoms with Crippen LogP contribution in [0.4, 0.5) is 17.1 Å². The molecule has 22 heavy (non-hydrogen) atoms. The van der Waals surface area contributed by atoms with Crippen LogP contribution in [0.1, 0.15) is 19.3 Å². The molecular formula is C17H18N2O3. The van der Waals surface area contributed by atoms with Crippen molar-refractivity contribution in [3.05, 3.63) is 54.6 Å². The Balaban J connectivity index is 2.24. The SMILES string of the molecule is Nc1ccc(N(C(=O)CCCC(=O)O)c2ccccc2)cc1. The number of hydrogen-bond donors (Lipinski definition) is 2. The molecule has 0 radical (unpaired) electrons. The van der Waals surface area contributed by atoms with Crippen molar-refractivity contribution in [1.29, 1.82) is 0 Å². The highest BCUT2D eigenvalue weighted by Gasteiger charge is 2.17. The molecule has 5 heteroatoms. The zero-order valence-electron chi connectivity index (χ0n) is 12.1. The summed E-state index contributed by atoms with van der Waals surface area (Å²) in [5.41, 5.74) is 7.76. The first-order valence-corrected chi connectivity index (χ1v) is 7.03. The number of carbonyl (C=O) groups is 2. The Morgan fingerprint density at radius 3 is 2.09 bits per heavy atom. The lowest BCUT2D eigenvalue weighted by molar-refractivity contribution is -0.137. The van der Waals surface area contributed by atoms with Gasteiger partial charge < -0.3 is 10.8 Å². The number of nitrogens with two attached hydrogens (primary N) is 1. The van der Waals surface area contributed by atoms with E-state index < -0.39 is 5.97 Å². The number of carbonyl (C=O) groups excluding carboxylic acids is 1. The van der Waals surface area contributed by atoms with Crippen LogP contribution in [-0.4, -0.2) is 17.0 Å². The van der Waals surface area contributed by atoms with E-state index in [-0.39, 0.29) is 18.7 Å². The Morgan fingerprint density at radius 1 is 0.909 bits per heavy atom. The molecule has 0 aliphatic heterocycles. The minimum Gasteiger partial charge on any atom is -0.481 e. The average Bonchev–Trinajstić information content (AvgIpc) is 2.50. The smallest absolute Gasteiger partial charge is 0.303 e. The average molecular weight is 298 g/mol. The van der Waals surface area contributed by atoms with Gasteiger partial charge in [0.2, 0.25) is 5.91 Å². The molecule has 1 amide bonds. The van der Waals surface area contributed by atoms with Gasteiger partial charge in [-0.25, -0.2) is 0 Å². The fourth-order valence-corrected chi connectivity index (χ4v) is 2.14. The highest BCUT2D eigenvalue weighted by atomic mass is 16.4. The number of carboxylic acid groups (broad SMARTS) is 1. The number of amides is 1. The standard InChI is InChI=1S/C17H18N2O3/c18-13-9-11-15(12-10-13)19(14-5-2-1-3-6-14)16(20)7-4-8-17(21)22/h1-3,5-6,9-12H,4,7-8,18H2,(H,21,22). The summed E-state index contributed by atoms with van der Waals surface area (Å²) in [6.45, 7) is 0. The van der Waals surface area contributed by atoms with E-state index in [2.05, 4.69) is 0 Å². The summed E-state index contributed by atoms with van der Waals surface area (Å²) in [7, 11) is 0. The maximum Gasteiger partial charge on any atom is 0.303 e. The monoisotopic (exact) mass is 298 g/mol. The number of anilines is 3. The first-order chi connectivity index (χ1) is 10.6. The lowest BCUT2D eigenvalue weighted by Gasteiger charge is -2.23. The highest BCUT2D eigenvalue weighted by Crippen LogP contribution is 2.27. The van der Waals surface area contributed by atoms with Gasteiger partial charge in [-0.15, -0.1) is 0 Å². The van der Waals surface area contributed by atoms with E-state index in [1.165, 1.54) is 0 Å². The first kappa shape index (κ1) is 15.6. The summed E-state index contributed by atoms with van der Waals surface area (Å²) in [6.07, 6.45) is 0.466. The number of rotatable bonds is 6. The van der Waals surface area contributed by atoms with Gasteiger partial charge in [0.05, 0.1) is 0 Å². The van der Waals surface area contributed by atoms with Crippen molar-refractivity contribution in [2.75, 3.05) is 10.6 Å². The molecule has 0 aromatic heterocycles. The summed E-state index contributed by atoms with van der Waals surface area (Å²) in [5.74, 6) is -1.04. The summed E-state index contributed by atoms with van der Waals surface area (Å²) in [4.78, 5) is 24.7. The number of para-hydroxylation sites is 1. The number of benzene rings is 2. The Bertz CT molecular complexity index is 639.